The number of carbonyl (C=O) groups is 1. The van der Waals surface area contributed by atoms with Crippen molar-refractivity contribution in [2.24, 2.45) is 5.92 Å². The number of halogens is 8. The molecule has 2 aromatic rings. The summed E-state index contributed by atoms with van der Waals surface area (Å²) in [5, 5.41) is 3.18. The maximum absolute atomic E-state index is 13.5. The van der Waals surface area contributed by atoms with Crippen molar-refractivity contribution < 1.29 is 35.5 Å². The first-order chi connectivity index (χ1) is 15.3. The lowest BCUT2D eigenvalue weighted by molar-refractivity contribution is -0.143. The number of hydrogen-bond donors (Lipinski definition) is 1. The standard InChI is InChI=1S/C23H23F7N2O.ClH/c1-13-7-17(24)3-4-18(13)20-11-31-6-5-19(20)21(33)32(2)12-14-8-15(22(25,26)27)10-16(9-14)23(28,29)30;/h3-4,7-10,19-20,31H,5-6,11-12H2,1-2H3;1H/t19-,20+;/m1./s1. The van der Waals surface area contributed by atoms with Crippen LogP contribution in [0.1, 0.15) is 40.2 Å². The van der Waals surface area contributed by atoms with E-state index < -0.39 is 47.7 Å². The van der Waals surface area contributed by atoms with Crippen LogP contribution in [0.5, 0.6) is 0 Å². The monoisotopic (exact) mass is 512 g/mol. The van der Waals surface area contributed by atoms with E-state index in [1.165, 1.54) is 19.2 Å². The third kappa shape index (κ3) is 6.41. The summed E-state index contributed by atoms with van der Waals surface area (Å²) in [5.41, 5.74) is -1.67. The summed E-state index contributed by atoms with van der Waals surface area (Å²) < 4.78 is 92.4. The number of rotatable bonds is 4. The van der Waals surface area contributed by atoms with Gasteiger partial charge in [0.05, 0.1) is 11.1 Å². The molecule has 34 heavy (non-hydrogen) atoms. The fourth-order valence-electron chi connectivity index (χ4n) is 4.28. The molecule has 1 amide bonds. The van der Waals surface area contributed by atoms with Gasteiger partial charge in [-0.1, -0.05) is 6.07 Å². The minimum Gasteiger partial charge on any atom is -0.341 e. The molecule has 2 atom stereocenters. The quantitative estimate of drug-likeness (QED) is 0.514. The van der Waals surface area contributed by atoms with Crippen LogP contribution in [0.15, 0.2) is 36.4 Å². The highest BCUT2D eigenvalue weighted by atomic mass is 35.5. The lowest BCUT2D eigenvalue weighted by Gasteiger charge is -2.35. The van der Waals surface area contributed by atoms with Gasteiger partial charge in [-0.25, -0.2) is 4.39 Å². The summed E-state index contributed by atoms with van der Waals surface area (Å²) in [4.78, 5) is 14.4. The molecular weight excluding hydrogens is 489 g/mol. The Labute approximate surface area is 198 Å². The number of hydrogen-bond acceptors (Lipinski definition) is 2. The zero-order chi connectivity index (χ0) is 24.6. The van der Waals surface area contributed by atoms with Crippen LogP contribution in [0.4, 0.5) is 30.7 Å². The van der Waals surface area contributed by atoms with Crippen molar-refractivity contribution >= 4 is 18.3 Å². The lowest BCUT2D eigenvalue weighted by atomic mass is 9.79. The van der Waals surface area contributed by atoms with E-state index >= 15 is 0 Å². The molecule has 0 aliphatic carbocycles. The Morgan fingerprint density at radius 3 is 2.15 bits per heavy atom. The van der Waals surface area contributed by atoms with Crippen LogP contribution in [-0.4, -0.2) is 30.9 Å². The molecule has 0 spiro atoms. The van der Waals surface area contributed by atoms with Gasteiger partial charge in [0.15, 0.2) is 0 Å². The van der Waals surface area contributed by atoms with Crippen LogP contribution in [0.2, 0.25) is 0 Å². The fraction of sp³-hybridized carbons (Fsp3) is 0.435. The first-order valence-corrected chi connectivity index (χ1v) is 10.3. The van der Waals surface area contributed by atoms with E-state index in [2.05, 4.69) is 5.32 Å². The van der Waals surface area contributed by atoms with E-state index in [1.54, 1.807) is 13.0 Å². The highest BCUT2D eigenvalue weighted by Crippen LogP contribution is 2.37. The van der Waals surface area contributed by atoms with Gasteiger partial charge in [0, 0.05) is 32.0 Å². The molecule has 3 rings (SSSR count). The summed E-state index contributed by atoms with van der Waals surface area (Å²) in [5.74, 6) is -1.66. The zero-order valence-corrected chi connectivity index (χ0v) is 19.2. The summed E-state index contributed by atoms with van der Waals surface area (Å²) in [6.07, 6.45) is -9.49. The van der Waals surface area contributed by atoms with Crippen molar-refractivity contribution in [3.8, 4) is 0 Å². The van der Waals surface area contributed by atoms with E-state index in [0.29, 0.717) is 37.2 Å². The second kappa shape index (κ2) is 10.5. The van der Waals surface area contributed by atoms with Crippen LogP contribution in [0.25, 0.3) is 0 Å². The van der Waals surface area contributed by atoms with Crippen molar-refractivity contribution in [2.75, 3.05) is 20.1 Å². The van der Waals surface area contributed by atoms with E-state index in [0.717, 1.165) is 10.5 Å². The number of amides is 1. The third-order valence-corrected chi connectivity index (χ3v) is 5.87. The van der Waals surface area contributed by atoms with Crippen molar-refractivity contribution in [3.05, 3.63) is 70.0 Å². The van der Waals surface area contributed by atoms with Crippen LogP contribution in [-0.2, 0) is 23.7 Å². The maximum Gasteiger partial charge on any atom is 0.416 e. The maximum atomic E-state index is 13.5. The van der Waals surface area contributed by atoms with Crippen LogP contribution in [0.3, 0.4) is 0 Å². The van der Waals surface area contributed by atoms with Gasteiger partial charge in [-0.3, -0.25) is 4.79 Å². The number of aryl methyl sites for hydroxylation is 1. The average molecular weight is 513 g/mol. The van der Waals surface area contributed by atoms with Crippen molar-refractivity contribution in [2.45, 2.75) is 38.2 Å². The van der Waals surface area contributed by atoms with Crippen LogP contribution in [0, 0.1) is 18.7 Å². The van der Waals surface area contributed by atoms with E-state index in [1.807, 2.05) is 0 Å². The SMILES string of the molecule is Cc1cc(F)ccc1[C@@H]1CNCC[C@H]1C(=O)N(C)Cc1cc(C(F)(F)F)cc(C(F)(F)F)c1.Cl. The van der Waals surface area contributed by atoms with Gasteiger partial charge in [-0.05, 0) is 66.9 Å². The molecule has 0 aromatic heterocycles. The Kier molecular flexibility index (Phi) is 8.63. The number of alkyl halides is 6. The number of piperidine rings is 1. The van der Waals surface area contributed by atoms with Gasteiger partial charge in [0.25, 0.3) is 0 Å². The molecule has 1 N–H and O–H groups in total. The molecule has 1 fully saturated rings. The Balaban J connectivity index is 0.00000408. The van der Waals surface area contributed by atoms with E-state index in [9.17, 15) is 35.5 Å². The number of carbonyl (C=O) groups excluding carboxylic acids is 1. The minimum atomic E-state index is -4.96. The topological polar surface area (TPSA) is 32.3 Å². The Morgan fingerprint density at radius 1 is 1.03 bits per heavy atom. The van der Waals surface area contributed by atoms with Gasteiger partial charge < -0.3 is 10.2 Å². The van der Waals surface area contributed by atoms with E-state index in [4.69, 9.17) is 0 Å². The lowest BCUT2D eigenvalue weighted by Crippen LogP contribution is -2.44. The minimum absolute atomic E-state index is 0. The predicted molar refractivity (Wildman–Crippen MR) is 115 cm³/mol. The average Bonchev–Trinajstić information content (AvgIpc) is 2.72. The summed E-state index contributed by atoms with van der Waals surface area (Å²) in [6.45, 7) is 2.28. The largest absolute Gasteiger partial charge is 0.416 e. The molecule has 3 nitrogen and oxygen atoms in total. The molecule has 0 unspecified atom stereocenters. The fourth-order valence-corrected chi connectivity index (χ4v) is 4.28. The highest BCUT2D eigenvalue weighted by Gasteiger charge is 2.38. The second-order valence-electron chi connectivity index (χ2n) is 8.32. The molecule has 1 saturated heterocycles. The number of nitrogens with one attached hydrogen (secondary N) is 1. The number of benzene rings is 2. The van der Waals surface area contributed by atoms with Gasteiger partial charge in [-0.2, -0.15) is 26.3 Å². The Bertz CT molecular complexity index is 991. The van der Waals surface area contributed by atoms with Gasteiger partial charge in [-0.15, -0.1) is 12.4 Å². The number of nitrogens with zero attached hydrogens (tertiary/aromatic N) is 1. The molecule has 188 valence electrons. The van der Waals surface area contributed by atoms with Crippen molar-refractivity contribution in [1.29, 1.82) is 0 Å². The molecule has 0 saturated carbocycles. The molecule has 0 radical (unpaired) electrons. The summed E-state index contributed by atoms with van der Waals surface area (Å²) in [6, 6.07) is 5.57. The van der Waals surface area contributed by atoms with Crippen molar-refractivity contribution in [3.63, 3.8) is 0 Å². The molecule has 1 aliphatic rings. The smallest absolute Gasteiger partial charge is 0.341 e. The first kappa shape index (κ1) is 27.9. The highest BCUT2D eigenvalue weighted by molar-refractivity contribution is 5.85. The molecular formula is C23H24ClF7N2O. The summed E-state index contributed by atoms with van der Waals surface area (Å²) >= 11 is 0. The first-order valence-electron chi connectivity index (χ1n) is 10.3. The molecule has 1 heterocycles. The summed E-state index contributed by atoms with van der Waals surface area (Å²) in [7, 11) is 1.35. The molecule has 11 heteroatoms. The van der Waals surface area contributed by atoms with Gasteiger partial charge in [0.2, 0.25) is 5.91 Å². The van der Waals surface area contributed by atoms with Gasteiger partial charge in [0.1, 0.15) is 5.82 Å². The third-order valence-electron chi connectivity index (χ3n) is 5.87. The normalized spacial score (nSPS) is 18.9. The van der Waals surface area contributed by atoms with Gasteiger partial charge >= 0.3 is 12.4 Å². The van der Waals surface area contributed by atoms with Crippen LogP contribution >= 0.6 is 12.4 Å². The van der Waals surface area contributed by atoms with Crippen molar-refractivity contribution in [1.82, 2.24) is 10.2 Å². The second-order valence-corrected chi connectivity index (χ2v) is 8.32. The Hall–Kier alpha value is -2.33. The molecule has 2 aromatic carbocycles. The Morgan fingerprint density at radius 2 is 1.62 bits per heavy atom. The van der Waals surface area contributed by atoms with Crippen LogP contribution < -0.4 is 5.32 Å². The molecule has 0 bridgehead atoms. The van der Waals surface area contributed by atoms with E-state index in [-0.39, 0.29) is 30.0 Å². The molecule has 1 aliphatic heterocycles. The zero-order valence-electron chi connectivity index (χ0n) is 18.4. The predicted octanol–water partition coefficient (Wildman–Crippen LogP) is 5.95.